The normalized spacial score (nSPS) is 10.9. The van der Waals surface area contributed by atoms with Gasteiger partial charge in [0, 0.05) is 32.7 Å². The molecule has 3 rings (SSSR count). The highest BCUT2D eigenvalue weighted by Gasteiger charge is 2.11. The minimum Gasteiger partial charge on any atom is -0.391 e. The van der Waals surface area contributed by atoms with E-state index in [0.717, 1.165) is 32.7 Å². The van der Waals surface area contributed by atoms with E-state index in [-0.39, 0.29) is 6.61 Å². The fourth-order valence-corrected chi connectivity index (χ4v) is 3.32. The van der Waals surface area contributed by atoms with Gasteiger partial charge in [0.15, 0.2) is 0 Å². The molecule has 0 spiro atoms. The van der Waals surface area contributed by atoms with Crippen molar-refractivity contribution in [2.75, 3.05) is 0 Å². The quantitative estimate of drug-likeness (QED) is 0.363. The highest BCUT2D eigenvalue weighted by Crippen LogP contribution is 2.27. The predicted octanol–water partition coefficient (Wildman–Crippen LogP) is 5.93. The molecule has 0 saturated heterocycles. The van der Waals surface area contributed by atoms with Crippen molar-refractivity contribution < 1.29 is 4.84 Å². The van der Waals surface area contributed by atoms with Gasteiger partial charge in [-0.2, -0.15) is 5.26 Å². The van der Waals surface area contributed by atoms with Crippen LogP contribution in [0.5, 0.6) is 0 Å². The van der Waals surface area contributed by atoms with E-state index in [2.05, 4.69) is 31.7 Å². The first-order chi connectivity index (χ1) is 13.0. The van der Waals surface area contributed by atoms with Crippen LogP contribution < -0.4 is 0 Å². The van der Waals surface area contributed by atoms with Crippen LogP contribution in [0.25, 0.3) is 5.69 Å². The van der Waals surface area contributed by atoms with E-state index in [4.69, 9.17) is 21.7 Å². The summed E-state index contributed by atoms with van der Waals surface area (Å²) in [7, 11) is 0. The van der Waals surface area contributed by atoms with Crippen LogP contribution in [0.2, 0.25) is 5.02 Å². The third kappa shape index (κ3) is 4.24. The molecule has 0 bridgehead atoms. The second-order valence-corrected chi connectivity index (χ2v) is 7.30. The number of oxime groups is 1. The summed E-state index contributed by atoms with van der Waals surface area (Å²) in [4.78, 5) is 5.39. The Kier molecular flexibility index (Phi) is 6.00. The lowest BCUT2D eigenvalue weighted by molar-refractivity contribution is 0.132. The largest absolute Gasteiger partial charge is 0.391 e. The summed E-state index contributed by atoms with van der Waals surface area (Å²) < 4.78 is 2.98. The molecule has 136 valence electrons. The Morgan fingerprint density at radius 1 is 1.22 bits per heavy atom. The summed E-state index contributed by atoms with van der Waals surface area (Å²) in [6, 6.07) is 17.4. The molecule has 4 nitrogen and oxygen atoms in total. The summed E-state index contributed by atoms with van der Waals surface area (Å²) in [6.45, 7) is 4.31. The van der Waals surface area contributed by atoms with E-state index in [1.807, 2.05) is 56.3 Å². The molecule has 1 heterocycles. The van der Waals surface area contributed by atoms with E-state index >= 15 is 0 Å². The van der Waals surface area contributed by atoms with Crippen molar-refractivity contribution >= 4 is 33.7 Å². The van der Waals surface area contributed by atoms with Gasteiger partial charge in [-0.1, -0.05) is 35.0 Å². The van der Waals surface area contributed by atoms with E-state index < -0.39 is 0 Å². The molecule has 2 aromatic carbocycles. The lowest BCUT2D eigenvalue weighted by Gasteiger charge is -2.10. The number of nitriles is 1. The third-order valence-corrected chi connectivity index (χ3v) is 5.49. The molecule has 3 aromatic rings. The van der Waals surface area contributed by atoms with Gasteiger partial charge in [-0.15, -0.1) is 0 Å². The van der Waals surface area contributed by atoms with Crippen molar-refractivity contribution in [3.8, 4) is 11.8 Å². The maximum atomic E-state index is 9.11. The Balaban J connectivity index is 1.77. The van der Waals surface area contributed by atoms with Gasteiger partial charge in [0.1, 0.15) is 6.61 Å². The molecular weight excluding hydrogens is 426 g/mol. The van der Waals surface area contributed by atoms with Crippen LogP contribution in [0, 0.1) is 25.2 Å². The highest BCUT2D eigenvalue weighted by molar-refractivity contribution is 9.10. The number of aromatic nitrogens is 1. The Morgan fingerprint density at radius 3 is 2.74 bits per heavy atom. The zero-order valence-electron chi connectivity index (χ0n) is 14.9. The summed E-state index contributed by atoms with van der Waals surface area (Å²) in [5, 5.41) is 13.8. The Labute approximate surface area is 171 Å². The lowest BCUT2D eigenvalue weighted by Crippen LogP contribution is -1.99. The SMILES string of the molecule is Cc1cc(/C=N\OCc2ccccc2C#N)c(C)n1-c1ccc(Br)c(Cl)c1. The first-order valence-corrected chi connectivity index (χ1v) is 9.46. The number of nitrogens with zero attached hydrogens (tertiary/aromatic N) is 3. The molecule has 0 fully saturated rings. The molecule has 0 unspecified atom stereocenters. The molecule has 1 aromatic heterocycles. The predicted molar refractivity (Wildman–Crippen MR) is 111 cm³/mol. The van der Waals surface area contributed by atoms with Gasteiger partial charge in [-0.25, -0.2) is 0 Å². The Bertz CT molecular complexity index is 1050. The van der Waals surface area contributed by atoms with Gasteiger partial charge in [-0.05, 0) is 60.1 Å². The number of aryl methyl sites for hydroxylation is 1. The summed E-state index contributed by atoms with van der Waals surface area (Å²) in [6.07, 6.45) is 1.69. The highest BCUT2D eigenvalue weighted by atomic mass is 79.9. The van der Waals surface area contributed by atoms with Crippen molar-refractivity contribution in [3.05, 3.63) is 86.1 Å². The van der Waals surface area contributed by atoms with Gasteiger partial charge < -0.3 is 9.40 Å². The van der Waals surface area contributed by atoms with E-state index in [1.165, 1.54) is 0 Å². The zero-order chi connectivity index (χ0) is 19.4. The molecule has 0 aliphatic rings. The van der Waals surface area contributed by atoms with Crippen LogP contribution in [0.3, 0.4) is 0 Å². The smallest absolute Gasteiger partial charge is 0.143 e. The maximum Gasteiger partial charge on any atom is 0.143 e. The fraction of sp³-hybridized carbons (Fsp3) is 0.143. The number of hydrogen-bond donors (Lipinski definition) is 0. The monoisotopic (exact) mass is 441 g/mol. The third-order valence-electron chi connectivity index (χ3n) is 4.26. The maximum absolute atomic E-state index is 9.11. The van der Waals surface area contributed by atoms with Gasteiger partial charge in [0.25, 0.3) is 0 Å². The molecule has 6 heteroatoms. The number of rotatable bonds is 5. The average molecular weight is 443 g/mol. The molecule has 0 radical (unpaired) electrons. The van der Waals surface area contributed by atoms with Gasteiger partial charge >= 0.3 is 0 Å². The molecule has 0 aliphatic heterocycles. The van der Waals surface area contributed by atoms with Crippen molar-refractivity contribution in [2.24, 2.45) is 5.16 Å². The molecule has 0 aliphatic carbocycles. The second kappa shape index (κ2) is 8.43. The van der Waals surface area contributed by atoms with E-state index in [1.54, 1.807) is 12.3 Å². The van der Waals surface area contributed by atoms with Crippen molar-refractivity contribution in [3.63, 3.8) is 0 Å². The topological polar surface area (TPSA) is 50.3 Å². The molecule has 0 saturated carbocycles. The van der Waals surface area contributed by atoms with Gasteiger partial charge in [-0.3, -0.25) is 0 Å². The van der Waals surface area contributed by atoms with Gasteiger partial charge in [0.05, 0.1) is 22.9 Å². The van der Waals surface area contributed by atoms with Crippen LogP contribution in [-0.4, -0.2) is 10.8 Å². The van der Waals surface area contributed by atoms with Gasteiger partial charge in [0.2, 0.25) is 0 Å². The number of halogens is 2. The molecule has 27 heavy (non-hydrogen) atoms. The Hall–Kier alpha value is -2.55. The van der Waals surface area contributed by atoms with E-state index in [0.29, 0.717) is 10.6 Å². The number of benzene rings is 2. The molecule has 0 amide bonds. The molecular formula is C21H17BrClN3O. The second-order valence-electron chi connectivity index (χ2n) is 6.04. The minimum atomic E-state index is 0.251. The average Bonchev–Trinajstić information content (AvgIpc) is 2.95. The fourth-order valence-electron chi connectivity index (χ4n) is 2.90. The lowest BCUT2D eigenvalue weighted by atomic mass is 10.1. The molecule has 0 atom stereocenters. The van der Waals surface area contributed by atoms with Crippen LogP contribution in [0.1, 0.15) is 28.1 Å². The van der Waals surface area contributed by atoms with Crippen molar-refractivity contribution in [1.29, 1.82) is 5.26 Å². The van der Waals surface area contributed by atoms with Crippen molar-refractivity contribution in [1.82, 2.24) is 4.57 Å². The summed E-state index contributed by atoms with van der Waals surface area (Å²) >= 11 is 9.65. The first-order valence-electron chi connectivity index (χ1n) is 8.29. The van der Waals surface area contributed by atoms with Crippen molar-refractivity contribution in [2.45, 2.75) is 20.5 Å². The standard InChI is InChI=1S/C21H17BrClN3O/c1-14-9-18(12-25-27-13-17-6-4-3-5-16(17)11-24)15(2)26(14)19-7-8-20(22)21(23)10-19/h3-10,12H,13H2,1-2H3/b25-12-. The first kappa shape index (κ1) is 19.2. The minimum absolute atomic E-state index is 0.251. The molecule has 0 N–H and O–H groups in total. The van der Waals surface area contributed by atoms with Crippen LogP contribution >= 0.6 is 27.5 Å². The van der Waals surface area contributed by atoms with Crippen LogP contribution in [0.4, 0.5) is 0 Å². The van der Waals surface area contributed by atoms with Crippen LogP contribution in [0.15, 0.2) is 58.2 Å². The summed E-state index contributed by atoms with van der Waals surface area (Å²) in [5.41, 5.74) is 5.46. The summed E-state index contributed by atoms with van der Waals surface area (Å²) in [5.74, 6) is 0. The van der Waals surface area contributed by atoms with E-state index in [9.17, 15) is 0 Å². The number of hydrogen-bond acceptors (Lipinski definition) is 3. The zero-order valence-corrected chi connectivity index (χ0v) is 17.3. The Morgan fingerprint density at radius 2 is 2.00 bits per heavy atom. The van der Waals surface area contributed by atoms with Crippen LogP contribution in [-0.2, 0) is 11.4 Å².